The van der Waals surface area contributed by atoms with Gasteiger partial charge in [0.15, 0.2) is 0 Å². The van der Waals surface area contributed by atoms with E-state index in [1.54, 1.807) is 0 Å². The summed E-state index contributed by atoms with van der Waals surface area (Å²) in [6, 6.07) is 7.72. The summed E-state index contributed by atoms with van der Waals surface area (Å²) < 4.78 is 16.5. The number of primary amides is 1. The van der Waals surface area contributed by atoms with Crippen molar-refractivity contribution in [3.63, 3.8) is 0 Å². The van der Waals surface area contributed by atoms with E-state index < -0.39 is 23.0 Å². The SMILES string of the molecule is NC(=O)[C@]1(O)OCCN1c1ccc(C2CC[S+]([O-])CC2)cc1. The van der Waals surface area contributed by atoms with Crippen LogP contribution in [-0.2, 0) is 20.7 Å². The second kappa shape index (κ2) is 6.08. The lowest BCUT2D eigenvalue weighted by atomic mass is 9.93. The van der Waals surface area contributed by atoms with Crippen molar-refractivity contribution in [1.29, 1.82) is 0 Å². The zero-order valence-electron chi connectivity index (χ0n) is 12.2. The normalized spacial score (nSPS) is 32.2. The van der Waals surface area contributed by atoms with Crippen LogP contribution in [0.25, 0.3) is 0 Å². The maximum Gasteiger partial charge on any atom is 0.333 e. The first kappa shape index (κ1) is 15.6. The molecule has 0 aliphatic carbocycles. The standard InChI is InChI=1S/C15H20N2O4S/c16-14(18)15(19)17(7-8-21-15)13-3-1-11(2-4-13)12-5-9-22(20)10-6-12/h1-4,12,19H,5-10H2,(H2,16,18)/t12?,15-,22?/m0/s1. The summed E-state index contributed by atoms with van der Waals surface area (Å²) in [7, 11) is 0. The van der Waals surface area contributed by atoms with E-state index in [0.717, 1.165) is 24.3 Å². The van der Waals surface area contributed by atoms with Gasteiger partial charge in [-0.25, -0.2) is 0 Å². The Hall–Kier alpha value is -1.28. The van der Waals surface area contributed by atoms with E-state index in [1.807, 2.05) is 24.3 Å². The molecule has 0 unspecified atom stereocenters. The highest BCUT2D eigenvalue weighted by molar-refractivity contribution is 7.91. The molecule has 6 nitrogen and oxygen atoms in total. The van der Waals surface area contributed by atoms with Crippen molar-refractivity contribution < 1.29 is 19.2 Å². The predicted octanol–water partition coefficient (Wildman–Crippen LogP) is 0.281. The minimum absolute atomic E-state index is 0.246. The molecule has 2 aliphatic rings. The second-order valence-electron chi connectivity index (χ2n) is 5.69. The van der Waals surface area contributed by atoms with Gasteiger partial charge in [-0.2, -0.15) is 0 Å². The van der Waals surface area contributed by atoms with Crippen molar-refractivity contribution in [3.8, 4) is 0 Å². The highest BCUT2D eigenvalue weighted by Gasteiger charge is 2.46. The maximum atomic E-state index is 11.4. The highest BCUT2D eigenvalue weighted by atomic mass is 32.2. The van der Waals surface area contributed by atoms with Crippen LogP contribution in [0.2, 0.25) is 0 Å². The summed E-state index contributed by atoms with van der Waals surface area (Å²) in [5.74, 6) is -1.04. The number of nitrogens with zero attached hydrogens (tertiary/aromatic N) is 1. The first-order chi connectivity index (χ1) is 10.5. The molecule has 0 radical (unpaired) electrons. The average molecular weight is 324 g/mol. The zero-order chi connectivity index (χ0) is 15.7. The van der Waals surface area contributed by atoms with Crippen LogP contribution >= 0.6 is 0 Å². The van der Waals surface area contributed by atoms with Gasteiger partial charge in [0, 0.05) is 12.2 Å². The van der Waals surface area contributed by atoms with Gasteiger partial charge in [0.2, 0.25) is 0 Å². The fourth-order valence-corrected chi connectivity index (χ4v) is 4.37. The van der Waals surface area contributed by atoms with Gasteiger partial charge in [-0.15, -0.1) is 0 Å². The number of anilines is 1. The van der Waals surface area contributed by atoms with Crippen LogP contribution in [0.5, 0.6) is 0 Å². The fraction of sp³-hybridized carbons (Fsp3) is 0.533. The number of hydrogen-bond donors (Lipinski definition) is 2. The van der Waals surface area contributed by atoms with E-state index >= 15 is 0 Å². The first-order valence-corrected chi connectivity index (χ1v) is 8.88. The molecule has 1 atom stereocenters. The number of hydrogen-bond acceptors (Lipinski definition) is 5. The molecule has 1 aromatic rings. The molecule has 2 fully saturated rings. The van der Waals surface area contributed by atoms with Crippen molar-refractivity contribution in [1.82, 2.24) is 0 Å². The Morgan fingerprint density at radius 1 is 1.36 bits per heavy atom. The monoisotopic (exact) mass is 324 g/mol. The minimum atomic E-state index is -2.07. The number of aliphatic hydroxyl groups is 1. The third-order valence-corrected chi connectivity index (χ3v) is 5.75. The lowest BCUT2D eigenvalue weighted by Crippen LogP contribution is -2.55. The summed E-state index contributed by atoms with van der Waals surface area (Å²) in [6.07, 6.45) is 1.87. The molecule has 0 bridgehead atoms. The van der Waals surface area contributed by atoms with E-state index in [0.29, 0.717) is 18.2 Å². The van der Waals surface area contributed by atoms with Crippen molar-refractivity contribution in [3.05, 3.63) is 29.8 Å². The number of nitrogens with two attached hydrogens (primary N) is 1. The molecule has 22 heavy (non-hydrogen) atoms. The number of carbonyl (C=O) groups is 1. The van der Waals surface area contributed by atoms with Gasteiger partial charge in [0.25, 0.3) is 0 Å². The summed E-state index contributed by atoms with van der Waals surface area (Å²) in [5, 5.41) is 10.2. The number of carbonyl (C=O) groups excluding carboxylic acids is 1. The van der Waals surface area contributed by atoms with Crippen LogP contribution in [0.4, 0.5) is 5.69 Å². The summed E-state index contributed by atoms with van der Waals surface area (Å²) in [4.78, 5) is 12.9. The van der Waals surface area contributed by atoms with Gasteiger partial charge in [-0.1, -0.05) is 23.3 Å². The lowest BCUT2D eigenvalue weighted by molar-refractivity contribution is -0.184. The van der Waals surface area contributed by atoms with E-state index in [9.17, 15) is 14.5 Å². The lowest BCUT2D eigenvalue weighted by Gasteiger charge is -2.30. The van der Waals surface area contributed by atoms with Crippen LogP contribution in [0.1, 0.15) is 24.3 Å². The Kier molecular flexibility index (Phi) is 4.31. The van der Waals surface area contributed by atoms with Crippen LogP contribution in [0.3, 0.4) is 0 Å². The molecular formula is C15H20N2O4S. The van der Waals surface area contributed by atoms with Crippen LogP contribution in [-0.4, -0.2) is 46.1 Å². The third kappa shape index (κ3) is 2.81. The summed E-state index contributed by atoms with van der Waals surface area (Å²) in [6.45, 7) is 0.650. The Bertz CT molecular complexity index is 545. The van der Waals surface area contributed by atoms with Crippen molar-refractivity contribution in [2.24, 2.45) is 5.73 Å². The highest BCUT2D eigenvalue weighted by Crippen LogP contribution is 2.32. The molecule has 3 N–H and O–H groups in total. The number of benzene rings is 1. The van der Waals surface area contributed by atoms with Gasteiger partial charge < -0.3 is 25.0 Å². The molecule has 120 valence electrons. The smallest absolute Gasteiger partial charge is 0.333 e. The minimum Gasteiger partial charge on any atom is -0.616 e. The molecule has 2 heterocycles. The Balaban J connectivity index is 1.75. The van der Waals surface area contributed by atoms with E-state index in [1.165, 1.54) is 10.5 Å². The average Bonchev–Trinajstić information content (AvgIpc) is 2.92. The zero-order valence-corrected chi connectivity index (χ0v) is 13.1. The molecule has 7 heteroatoms. The molecule has 0 spiro atoms. The Morgan fingerprint density at radius 3 is 2.59 bits per heavy atom. The van der Waals surface area contributed by atoms with E-state index in [-0.39, 0.29) is 6.61 Å². The van der Waals surface area contributed by atoms with Gasteiger partial charge in [0.1, 0.15) is 11.5 Å². The molecule has 1 amide bonds. The molecule has 1 aromatic carbocycles. The van der Waals surface area contributed by atoms with Gasteiger partial charge in [-0.05, 0) is 36.5 Å². The first-order valence-electron chi connectivity index (χ1n) is 7.39. The molecular weight excluding hydrogens is 304 g/mol. The maximum absolute atomic E-state index is 11.4. The summed E-state index contributed by atoms with van der Waals surface area (Å²) >= 11 is -0.666. The second-order valence-corrected chi connectivity index (χ2v) is 7.38. The Morgan fingerprint density at radius 2 is 2.00 bits per heavy atom. The third-order valence-electron chi connectivity index (χ3n) is 4.37. The molecule has 0 aromatic heterocycles. The summed E-state index contributed by atoms with van der Waals surface area (Å²) in [5.41, 5.74) is 7.13. The van der Waals surface area contributed by atoms with Gasteiger partial charge in [0.05, 0.1) is 6.61 Å². The predicted molar refractivity (Wildman–Crippen MR) is 83.7 cm³/mol. The quantitative estimate of drug-likeness (QED) is 0.778. The van der Waals surface area contributed by atoms with Crippen molar-refractivity contribution in [2.45, 2.75) is 24.7 Å². The van der Waals surface area contributed by atoms with E-state index in [4.69, 9.17) is 10.5 Å². The van der Waals surface area contributed by atoms with Crippen LogP contribution in [0.15, 0.2) is 24.3 Å². The van der Waals surface area contributed by atoms with Crippen LogP contribution < -0.4 is 10.6 Å². The van der Waals surface area contributed by atoms with Crippen LogP contribution in [0, 0.1) is 0 Å². The van der Waals surface area contributed by atoms with Gasteiger partial charge in [-0.3, -0.25) is 4.79 Å². The Labute approximate surface area is 132 Å². The van der Waals surface area contributed by atoms with Crippen molar-refractivity contribution >= 4 is 22.8 Å². The number of amides is 1. The van der Waals surface area contributed by atoms with Gasteiger partial charge >= 0.3 is 11.8 Å². The van der Waals surface area contributed by atoms with E-state index in [2.05, 4.69) is 0 Å². The van der Waals surface area contributed by atoms with Crippen molar-refractivity contribution in [2.75, 3.05) is 29.6 Å². The molecule has 2 aliphatic heterocycles. The number of rotatable bonds is 3. The number of ether oxygens (including phenoxy) is 1. The molecule has 3 rings (SSSR count). The molecule has 2 saturated heterocycles. The largest absolute Gasteiger partial charge is 0.616 e. The molecule has 0 saturated carbocycles. The fourth-order valence-electron chi connectivity index (χ4n) is 3.07. The topological polar surface area (TPSA) is 98.9 Å².